The molecular formula is C14H21N3O3. The van der Waals surface area contributed by atoms with Crippen molar-refractivity contribution in [2.75, 3.05) is 32.2 Å². The van der Waals surface area contributed by atoms with E-state index in [9.17, 15) is 4.79 Å². The maximum atomic E-state index is 12.1. The Labute approximate surface area is 118 Å². The maximum Gasteiger partial charge on any atom is 0.241 e. The minimum absolute atomic E-state index is 0.00940. The number of nitrogens with zero attached hydrogens (tertiary/aromatic N) is 1. The Morgan fingerprint density at radius 3 is 2.95 bits per heavy atom. The third kappa shape index (κ3) is 3.91. The summed E-state index contributed by atoms with van der Waals surface area (Å²) in [6, 6.07) is 3.40. The van der Waals surface area contributed by atoms with Crippen LogP contribution in [0.15, 0.2) is 18.3 Å². The third-order valence-corrected chi connectivity index (χ3v) is 3.36. The van der Waals surface area contributed by atoms with Gasteiger partial charge in [-0.15, -0.1) is 0 Å². The fourth-order valence-electron chi connectivity index (χ4n) is 2.17. The van der Waals surface area contributed by atoms with E-state index in [4.69, 9.17) is 9.47 Å². The molecule has 1 aromatic rings. The molecule has 1 aromatic heterocycles. The number of methoxy groups -OCH3 is 1. The molecule has 0 bridgehead atoms. The molecular weight excluding hydrogens is 258 g/mol. The molecule has 1 aliphatic rings. The number of carbonyl (C=O) groups is 1. The molecule has 0 saturated carbocycles. The number of pyridine rings is 1. The third-order valence-electron chi connectivity index (χ3n) is 3.36. The van der Waals surface area contributed by atoms with Crippen LogP contribution in [0.1, 0.15) is 13.3 Å². The van der Waals surface area contributed by atoms with Gasteiger partial charge < -0.3 is 20.1 Å². The fourth-order valence-corrected chi connectivity index (χ4v) is 2.17. The molecule has 0 radical (unpaired) electrons. The lowest BCUT2D eigenvalue weighted by Crippen LogP contribution is -2.39. The maximum absolute atomic E-state index is 12.1. The highest BCUT2D eigenvalue weighted by Gasteiger charge is 2.29. The van der Waals surface area contributed by atoms with Crippen molar-refractivity contribution < 1.29 is 14.3 Å². The molecule has 0 spiro atoms. The highest BCUT2D eigenvalue weighted by atomic mass is 16.5. The van der Waals surface area contributed by atoms with Crippen molar-refractivity contribution in [1.29, 1.82) is 0 Å². The lowest BCUT2D eigenvalue weighted by atomic mass is 10.0. The summed E-state index contributed by atoms with van der Waals surface area (Å²) < 4.78 is 10.3. The molecule has 2 N–H and O–H groups in total. The number of carbonyl (C=O) groups excluding carboxylic acids is 1. The second-order valence-corrected chi connectivity index (χ2v) is 4.91. The van der Waals surface area contributed by atoms with Crippen molar-refractivity contribution in [3.05, 3.63) is 18.3 Å². The van der Waals surface area contributed by atoms with Crippen LogP contribution < -0.4 is 15.4 Å². The molecule has 2 heterocycles. The van der Waals surface area contributed by atoms with Crippen LogP contribution in [-0.4, -0.2) is 43.8 Å². The van der Waals surface area contributed by atoms with Gasteiger partial charge in [0, 0.05) is 13.2 Å². The van der Waals surface area contributed by atoms with E-state index in [0.717, 1.165) is 13.0 Å². The average molecular weight is 279 g/mol. The van der Waals surface area contributed by atoms with E-state index < -0.39 is 0 Å². The van der Waals surface area contributed by atoms with E-state index >= 15 is 0 Å². The Bertz CT molecular complexity index is 436. The van der Waals surface area contributed by atoms with Crippen LogP contribution >= 0.6 is 0 Å². The predicted molar refractivity (Wildman–Crippen MR) is 75.8 cm³/mol. The first-order chi connectivity index (χ1) is 9.70. The van der Waals surface area contributed by atoms with Gasteiger partial charge in [0.05, 0.1) is 24.5 Å². The van der Waals surface area contributed by atoms with Crippen molar-refractivity contribution in [1.82, 2.24) is 10.3 Å². The van der Waals surface area contributed by atoms with Gasteiger partial charge in [0.2, 0.25) is 11.8 Å². The monoisotopic (exact) mass is 279 g/mol. The molecule has 6 nitrogen and oxygen atoms in total. The standard InChI is InChI=1S/C14H21N3O3/c1-10-5-6-15-13(10)14(18)17-11-3-4-12(16-9-11)20-8-7-19-2/h3-4,9-10,13,15H,5-8H2,1-2H3,(H,17,18). The number of hydrogen-bond acceptors (Lipinski definition) is 5. The van der Waals surface area contributed by atoms with E-state index in [0.29, 0.717) is 30.7 Å². The highest BCUT2D eigenvalue weighted by molar-refractivity contribution is 5.95. The van der Waals surface area contributed by atoms with Crippen molar-refractivity contribution in [3.63, 3.8) is 0 Å². The fraction of sp³-hybridized carbons (Fsp3) is 0.571. The summed E-state index contributed by atoms with van der Waals surface area (Å²) in [7, 11) is 1.62. The van der Waals surface area contributed by atoms with Crippen LogP contribution in [-0.2, 0) is 9.53 Å². The van der Waals surface area contributed by atoms with Crippen molar-refractivity contribution in [2.24, 2.45) is 5.92 Å². The van der Waals surface area contributed by atoms with E-state index in [1.807, 2.05) is 0 Å². The van der Waals surface area contributed by atoms with Crippen LogP contribution in [0, 0.1) is 5.92 Å². The smallest absolute Gasteiger partial charge is 0.241 e. The van der Waals surface area contributed by atoms with Crippen LogP contribution in [0.25, 0.3) is 0 Å². The van der Waals surface area contributed by atoms with Gasteiger partial charge in [-0.05, 0) is 24.9 Å². The van der Waals surface area contributed by atoms with Crippen molar-refractivity contribution >= 4 is 11.6 Å². The summed E-state index contributed by atoms with van der Waals surface area (Å²) in [6.07, 6.45) is 2.63. The molecule has 110 valence electrons. The molecule has 1 aliphatic heterocycles. The van der Waals surface area contributed by atoms with E-state index in [2.05, 4.69) is 22.5 Å². The molecule has 6 heteroatoms. The number of hydrogen-bond donors (Lipinski definition) is 2. The number of nitrogens with one attached hydrogen (secondary N) is 2. The SMILES string of the molecule is COCCOc1ccc(NC(=O)C2NCCC2C)cn1. The summed E-state index contributed by atoms with van der Waals surface area (Å²) >= 11 is 0. The zero-order valence-electron chi connectivity index (χ0n) is 11.9. The Morgan fingerprint density at radius 1 is 1.50 bits per heavy atom. The zero-order valence-corrected chi connectivity index (χ0v) is 11.9. The number of anilines is 1. The summed E-state index contributed by atoms with van der Waals surface area (Å²) in [5, 5.41) is 6.07. The molecule has 20 heavy (non-hydrogen) atoms. The Kier molecular flexibility index (Phi) is 5.31. The summed E-state index contributed by atoms with van der Waals surface area (Å²) in [5.74, 6) is 0.872. The minimum Gasteiger partial charge on any atom is -0.475 e. The minimum atomic E-state index is -0.118. The van der Waals surface area contributed by atoms with E-state index in [1.165, 1.54) is 0 Å². The van der Waals surface area contributed by atoms with Gasteiger partial charge in [0.15, 0.2) is 0 Å². The molecule has 2 rings (SSSR count). The zero-order chi connectivity index (χ0) is 14.4. The lowest BCUT2D eigenvalue weighted by molar-refractivity contribution is -0.118. The van der Waals surface area contributed by atoms with E-state index in [-0.39, 0.29) is 11.9 Å². The molecule has 0 aromatic carbocycles. The van der Waals surface area contributed by atoms with Gasteiger partial charge in [0.25, 0.3) is 0 Å². The predicted octanol–water partition coefficient (Wildman–Crippen LogP) is 1.04. The van der Waals surface area contributed by atoms with Crippen molar-refractivity contribution in [3.8, 4) is 5.88 Å². The van der Waals surface area contributed by atoms with Crippen LogP contribution in [0.2, 0.25) is 0 Å². The molecule has 2 unspecified atom stereocenters. The molecule has 1 amide bonds. The van der Waals surface area contributed by atoms with Gasteiger partial charge in [0.1, 0.15) is 6.61 Å². The normalized spacial score (nSPS) is 21.7. The van der Waals surface area contributed by atoms with Gasteiger partial charge in [-0.25, -0.2) is 4.98 Å². The molecule has 0 aliphatic carbocycles. The average Bonchev–Trinajstić information content (AvgIpc) is 2.87. The first-order valence-corrected chi connectivity index (χ1v) is 6.82. The molecule has 2 atom stereocenters. The lowest BCUT2D eigenvalue weighted by Gasteiger charge is -2.15. The van der Waals surface area contributed by atoms with Crippen molar-refractivity contribution in [2.45, 2.75) is 19.4 Å². The Balaban J connectivity index is 1.85. The summed E-state index contributed by atoms with van der Waals surface area (Å²) in [5.41, 5.74) is 0.676. The Hall–Kier alpha value is -1.66. The van der Waals surface area contributed by atoms with Crippen LogP contribution in [0.3, 0.4) is 0 Å². The summed E-state index contributed by atoms with van der Waals surface area (Å²) in [4.78, 5) is 16.2. The van der Waals surface area contributed by atoms with Crippen LogP contribution in [0.5, 0.6) is 5.88 Å². The van der Waals surface area contributed by atoms with Gasteiger partial charge in [-0.2, -0.15) is 0 Å². The van der Waals surface area contributed by atoms with Gasteiger partial charge >= 0.3 is 0 Å². The van der Waals surface area contributed by atoms with Gasteiger partial charge in [-0.1, -0.05) is 6.92 Å². The number of aromatic nitrogens is 1. The van der Waals surface area contributed by atoms with E-state index in [1.54, 1.807) is 25.4 Å². The quantitative estimate of drug-likeness (QED) is 0.761. The largest absolute Gasteiger partial charge is 0.475 e. The first-order valence-electron chi connectivity index (χ1n) is 6.82. The number of ether oxygens (including phenoxy) is 2. The highest BCUT2D eigenvalue weighted by Crippen LogP contribution is 2.17. The van der Waals surface area contributed by atoms with Crippen LogP contribution in [0.4, 0.5) is 5.69 Å². The number of rotatable bonds is 6. The van der Waals surface area contributed by atoms with Gasteiger partial charge in [-0.3, -0.25) is 4.79 Å². The molecule has 1 fully saturated rings. The second kappa shape index (κ2) is 7.21. The summed E-state index contributed by atoms with van der Waals surface area (Å²) in [6.45, 7) is 3.95. The first kappa shape index (κ1) is 14.7. The Morgan fingerprint density at radius 2 is 2.35 bits per heavy atom. The molecule has 1 saturated heterocycles. The topological polar surface area (TPSA) is 72.5 Å². The second-order valence-electron chi connectivity index (χ2n) is 4.91. The number of amides is 1.